The lowest BCUT2D eigenvalue weighted by Crippen LogP contribution is -2.36. The summed E-state index contributed by atoms with van der Waals surface area (Å²) in [4.78, 5) is 6.88. The van der Waals surface area contributed by atoms with Crippen molar-refractivity contribution in [3.63, 3.8) is 0 Å². The van der Waals surface area contributed by atoms with Gasteiger partial charge in [0.15, 0.2) is 0 Å². The highest BCUT2D eigenvalue weighted by molar-refractivity contribution is 4.91. The highest BCUT2D eigenvalue weighted by Crippen LogP contribution is 2.17. The number of hydrogen-bond donors (Lipinski definition) is 1. The van der Waals surface area contributed by atoms with Crippen molar-refractivity contribution in [2.24, 2.45) is 13.0 Å². The molecule has 16 heavy (non-hydrogen) atoms. The minimum atomic E-state index is 0.864. The van der Waals surface area contributed by atoms with Gasteiger partial charge in [-0.2, -0.15) is 0 Å². The first-order valence-corrected chi connectivity index (χ1v) is 6.12. The quantitative estimate of drug-likeness (QED) is 0.820. The summed E-state index contributed by atoms with van der Waals surface area (Å²) in [5.74, 6) is 2.04. The molecule has 1 aliphatic heterocycles. The third-order valence-electron chi connectivity index (χ3n) is 3.49. The van der Waals surface area contributed by atoms with Gasteiger partial charge in [0.25, 0.3) is 0 Å². The van der Waals surface area contributed by atoms with Crippen molar-refractivity contribution >= 4 is 0 Å². The van der Waals surface area contributed by atoms with Crippen LogP contribution >= 0.6 is 0 Å². The van der Waals surface area contributed by atoms with Gasteiger partial charge in [-0.3, -0.25) is 4.90 Å². The van der Waals surface area contributed by atoms with Crippen molar-refractivity contribution in [1.82, 2.24) is 19.8 Å². The van der Waals surface area contributed by atoms with Gasteiger partial charge in [0, 0.05) is 19.4 Å². The van der Waals surface area contributed by atoms with Gasteiger partial charge >= 0.3 is 0 Å². The van der Waals surface area contributed by atoms with E-state index in [0.29, 0.717) is 0 Å². The first kappa shape index (κ1) is 11.6. The highest BCUT2D eigenvalue weighted by atomic mass is 15.2. The van der Waals surface area contributed by atoms with E-state index >= 15 is 0 Å². The molecule has 0 atom stereocenters. The molecule has 1 fully saturated rings. The van der Waals surface area contributed by atoms with Crippen molar-refractivity contribution in [3.8, 4) is 0 Å². The van der Waals surface area contributed by atoms with Gasteiger partial charge in [0.1, 0.15) is 5.82 Å². The predicted octanol–water partition coefficient (Wildman–Crippen LogP) is 0.851. The van der Waals surface area contributed by atoms with E-state index in [9.17, 15) is 0 Å². The molecule has 0 bridgehead atoms. The molecule has 0 saturated carbocycles. The second-order valence-corrected chi connectivity index (χ2v) is 4.73. The van der Waals surface area contributed by atoms with Gasteiger partial charge in [-0.05, 0) is 45.4 Å². The molecule has 0 spiro atoms. The number of piperidine rings is 1. The number of rotatable bonds is 4. The van der Waals surface area contributed by atoms with Gasteiger partial charge < -0.3 is 9.88 Å². The highest BCUT2D eigenvalue weighted by Gasteiger charge is 2.19. The Morgan fingerprint density at radius 2 is 2.19 bits per heavy atom. The van der Waals surface area contributed by atoms with E-state index in [1.54, 1.807) is 0 Å². The number of aromatic nitrogens is 2. The molecule has 0 amide bonds. The summed E-state index contributed by atoms with van der Waals surface area (Å²) >= 11 is 0. The summed E-state index contributed by atoms with van der Waals surface area (Å²) < 4.78 is 2.11. The minimum absolute atomic E-state index is 0.864. The zero-order chi connectivity index (χ0) is 11.4. The molecule has 2 rings (SSSR count). The summed E-state index contributed by atoms with van der Waals surface area (Å²) in [6, 6.07) is 0. The van der Waals surface area contributed by atoms with E-state index in [0.717, 1.165) is 19.0 Å². The normalized spacial score (nSPS) is 19.1. The molecule has 1 aromatic rings. The van der Waals surface area contributed by atoms with Crippen molar-refractivity contribution in [2.45, 2.75) is 19.4 Å². The Kier molecular flexibility index (Phi) is 3.96. The van der Waals surface area contributed by atoms with Crippen LogP contribution in [0.4, 0.5) is 0 Å². The first-order valence-electron chi connectivity index (χ1n) is 6.12. The van der Waals surface area contributed by atoms with Crippen LogP contribution in [0.5, 0.6) is 0 Å². The topological polar surface area (TPSA) is 33.1 Å². The fraction of sp³-hybridized carbons (Fsp3) is 0.750. The number of imidazole rings is 1. The predicted molar refractivity (Wildman–Crippen MR) is 65.1 cm³/mol. The van der Waals surface area contributed by atoms with Crippen molar-refractivity contribution < 1.29 is 0 Å². The third-order valence-corrected chi connectivity index (χ3v) is 3.49. The fourth-order valence-corrected chi connectivity index (χ4v) is 2.39. The SMILES string of the molecule is CNCC1CCN(Cc2nccn2C)CC1. The number of nitrogens with zero attached hydrogens (tertiary/aromatic N) is 3. The van der Waals surface area contributed by atoms with E-state index in [1.165, 1.54) is 31.8 Å². The molecular formula is C12H22N4. The van der Waals surface area contributed by atoms with Crippen molar-refractivity contribution in [3.05, 3.63) is 18.2 Å². The van der Waals surface area contributed by atoms with Crippen LogP contribution in [-0.4, -0.2) is 41.1 Å². The van der Waals surface area contributed by atoms with Crippen LogP contribution in [0, 0.1) is 5.92 Å². The van der Waals surface area contributed by atoms with Crippen LogP contribution in [0.2, 0.25) is 0 Å². The van der Waals surface area contributed by atoms with Gasteiger partial charge in [-0.1, -0.05) is 0 Å². The summed E-state index contributed by atoms with van der Waals surface area (Å²) in [6.07, 6.45) is 6.52. The maximum absolute atomic E-state index is 4.37. The summed E-state index contributed by atoms with van der Waals surface area (Å²) in [7, 11) is 4.11. The Balaban J connectivity index is 1.79. The van der Waals surface area contributed by atoms with Crippen LogP contribution in [0.1, 0.15) is 18.7 Å². The largest absolute Gasteiger partial charge is 0.337 e. The van der Waals surface area contributed by atoms with E-state index in [2.05, 4.69) is 26.8 Å². The lowest BCUT2D eigenvalue weighted by molar-refractivity contribution is 0.172. The number of nitrogens with one attached hydrogen (secondary N) is 1. The maximum Gasteiger partial charge on any atom is 0.122 e. The molecule has 0 radical (unpaired) electrons. The second-order valence-electron chi connectivity index (χ2n) is 4.73. The Morgan fingerprint density at radius 3 is 2.75 bits per heavy atom. The molecule has 4 nitrogen and oxygen atoms in total. The monoisotopic (exact) mass is 222 g/mol. The van der Waals surface area contributed by atoms with Crippen LogP contribution in [0.25, 0.3) is 0 Å². The van der Waals surface area contributed by atoms with Crippen LogP contribution in [0.15, 0.2) is 12.4 Å². The zero-order valence-corrected chi connectivity index (χ0v) is 10.3. The molecule has 1 saturated heterocycles. The molecule has 90 valence electrons. The smallest absolute Gasteiger partial charge is 0.122 e. The Bertz CT molecular complexity index is 313. The second kappa shape index (κ2) is 5.46. The Labute approximate surface area is 97.7 Å². The van der Waals surface area contributed by atoms with Crippen LogP contribution in [0.3, 0.4) is 0 Å². The van der Waals surface area contributed by atoms with Crippen molar-refractivity contribution in [2.75, 3.05) is 26.7 Å². The molecular weight excluding hydrogens is 200 g/mol. The average molecular weight is 222 g/mol. The molecule has 1 N–H and O–H groups in total. The summed E-state index contributed by atoms with van der Waals surface area (Å²) in [6.45, 7) is 4.57. The van der Waals surface area contributed by atoms with Gasteiger partial charge in [0.2, 0.25) is 0 Å². The van der Waals surface area contributed by atoms with E-state index in [4.69, 9.17) is 0 Å². The summed E-state index contributed by atoms with van der Waals surface area (Å²) in [5.41, 5.74) is 0. The number of hydrogen-bond acceptors (Lipinski definition) is 3. The van der Waals surface area contributed by atoms with Crippen LogP contribution < -0.4 is 5.32 Å². The standard InChI is InChI=1S/C12H22N4/c1-13-9-11-3-6-16(7-4-11)10-12-14-5-8-15(12)2/h5,8,11,13H,3-4,6-7,9-10H2,1-2H3. The summed E-state index contributed by atoms with van der Waals surface area (Å²) in [5, 5.41) is 3.27. The minimum Gasteiger partial charge on any atom is -0.337 e. The molecule has 0 aliphatic carbocycles. The van der Waals surface area contributed by atoms with E-state index in [-0.39, 0.29) is 0 Å². The first-order chi connectivity index (χ1) is 7.79. The average Bonchev–Trinajstić information content (AvgIpc) is 2.68. The van der Waals surface area contributed by atoms with Crippen molar-refractivity contribution in [1.29, 1.82) is 0 Å². The third kappa shape index (κ3) is 2.83. The molecule has 0 aromatic carbocycles. The van der Waals surface area contributed by atoms with Crippen LogP contribution in [-0.2, 0) is 13.6 Å². The molecule has 2 heterocycles. The number of likely N-dealkylation sites (tertiary alicyclic amines) is 1. The van der Waals surface area contributed by atoms with E-state index in [1.807, 2.05) is 19.4 Å². The zero-order valence-electron chi connectivity index (χ0n) is 10.3. The Morgan fingerprint density at radius 1 is 1.44 bits per heavy atom. The maximum atomic E-state index is 4.37. The van der Waals surface area contributed by atoms with Gasteiger partial charge in [-0.15, -0.1) is 0 Å². The molecule has 1 aliphatic rings. The Hall–Kier alpha value is -0.870. The number of aryl methyl sites for hydroxylation is 1. The molecule has 0 unspecified atom stereocenters. The van der Waals surface area contributed by atoms with Gasteiger partial charge in [0.05, 0.1) is 6.54 Å². The lowest BCUT2D eigenvalue weighted by Gasteiger charge is -2.31. The van der Waals surface area contributed by atoms with E-state index < -0.39 is 0 Å². The fourth-order valence-electron chi connectivity index (χ4n) is 2.39. The van der Waals surface area contributed by atoms with Gasteiger partial charge in [-0.25, -0.2) is 4.98 Å². The molecule has 4 heteroatoms. The molecule has 1 aromatic heterocycles. The lowest BCUT2D eigenvalue weighted by atomic mass is 9.97.